The van der Waals surface area contributed by atoms with Crippen molar-refractivity contribution in [3.05, 3.63) is 113 Å². The van der Waals surface area contributed by atoms with Gasteiger partial charge < -0.3 is 14.7 Å². The van der Waals surface area contributed by atoms with Crippen LogP contribution < -0.4 is 9.46 Å². The topological polar surface area (TPSA) is 99.2 Å². The molecular formula is C36H40ClN3O5S. The van der Waals surface area contributed by atoms with Crippen molar-refractivity contribution in [3.8, 4) is 16.9 Å². The van der Waals surface area contributed by atoms with E-state index in [-0.39, 0.29) is 41.9 Å². The largest absolute Gasteiger partial charge is 0.488 e. The molecule has 4 aromatic carbocycles. The summed E-state index contributed by atoms with van der Waals surface area (Å²) in [5.41, 5.74) is 4.38. The van der Waals surface area contributed by atoms with Crippen molar-refractivity contribution in [2.24, 2.45) is 5.92 Å². The number of aliphatic hydroxyl groups is 1. The zero-order valence-corrected chi connectivity index (χ0v) is 27.8. The molecule has 8 nitrogen and oxygen atoms in total. The lowest BCUT2D eigenvalue weighted by Crippen LogP contribution is -2.47. The minimum Gasteiger partial charge on any atom is -0.488 e. The molecule has 0 bridgehead atoms. The number of anilines is 1. The Morgan fingerprint density at radius 3 is 2.35 bits per heavy atom. The maximum Gasteiger partial charge on any atom is 0.261 e. The second kappa shape index (κ2) is 14.7. The second-order valence-electron chi connectivity index (χ2n) is 12.0. The molecule has 242 valence electrons. The molecule has 0 saturated heterocycles. The van der Waals surface area contributed by atoms with E-state index in [2.05, 4.69) is 52.9 Å². The first kappa shape index (κ1) is 33.5. The molecule has 4 aromatic rings. The molecule has 0 saturated carbocycles. The van der Waals surface area contributed by atoms with Gasteiger partial charge in [-0.05, 0) is 73.1 Å². The lowest BCUT2D eigenvalue weighted by atomic mass is 10.0. The molecule has 1 aliphatic heterocycles. The monoisotopic (exact) mass is 661 g/mol. The van der Waals surface area contributed by atoms with E-state index in [0.29, 0.717) is 41.7 Å². The van der Waals surface area contributed by atoms with Crippen molar-refractivity contribution in [2.75, 3.05) is 31.5 Å². The summed E-state index contributed by atoms with van der Waals surface area (Å²) in [6, 6.07) is 29.3. The SMILES string of the molecule is C[C@H](CO)N1C[C@H](C)[C@H](CN(C)Cc2ccc(-c3ccccc3)cc2)Oc2ccc(NS(=O)(=O)c3ccc(Cl)cc3)cc2CC1=O. The molecule has 0 fully saturated rings. The predicted molar refractivity (Wildman–Crippen MR) is 182 cm³/mol. The Labute approximate surface area is 276 Å². The lowest BCUT2D eigenvalue weighted by Gasteiger charge is -2.34. The molecule has 1 heterocycles. The van der Waals surface area contributed by atoms with Gasteiger partial charge in [0.25, 0.3) is 10.0 Å². The number of carbonyl (C=O) groups excluding carboxylic acids is 1. The molecule has 0 aromatic heterocycles. The Kier molecular flexibility index (Phi) is 10.7. The summed E-state index contributed by atoms with van der Waals surface area (Å²) >= 11 is 5.94. The van der Waals surface area contributed by atoms with Gasteiger partial charge in [-0.25, -0.2) is 8.42 Å². The third-order valence-corrected chi connectivity index (χ3v) is 9.95. The quantitative estimate of drug-likeness (QED) is 0.214. The van der Waals surface area contributed by atoms with Crippen LogP contribution in [-0.2, 0) is 27.8 Å². The minimum absolute atomic E-state index is 0.000766. The van der Waals surface area contributed by atoms with Crippen molar-refractivity contribution >= 4 is 33.2 Å². The molecule has 3 atom stereocenters. The molecule has 5 rings (SSSR count). The zero-order valence-electron chi connectivity index (χ0n) is 26.3. The van der Waals surface area contributed by atoms with Crippen molar-refractivity contribution in [1.29, 1.82) is 0 Å². The average Bonchev–Trinajstić information content (AvgIpc) is 3.08. The van der Waals surface area contributed by atoms with Crippen LogP contribution in [0.5, 0.6) is 5.75 Å². The van der Waals surface area contributed by atoms with Gasteiger partial charge in [0.05, 0.1) is 24.0 Å². The molecule has 0 aliphatic carbocycles. The van der Waals surface area contributed by atoms with Crippen LogP contribution in [0.3, 0.4) is 0 Å². The van der Waals surface area contributed by atoms with Gasteiger partial charge in [0.1, 0.15) is 11.9 Å². The maximum absolute atomic E-state index is 13.6. The van der Waals surface area contributed by atoms with Gasteiger partial charge in [-0.3, -0.25) is 14.4 Å². The van der Waals surface area contributed by atoms with E-state index in [9.17, 15) is 18.3 Å². The number of nitrogens with one attached hydrogen (secondary N) is 1. The molecule has 10 heteroatoms. The van der Waals surface area contributed by atoms with Crippen LogP contribution in [0.4, 0.5) is 5.69 Å². The number of amides is 1. The van der Waals surface area contributed by atoms with E-state index < -0.39 is 10.0 Å². The molecule has 0 unspecified atom stereocenters. The van der Waals surface area contributed by atoms with Crippen molar-refractivity contribution in [2.45, 2.75) is 43.9 Å². The van der Waals surface area contributed by atoms with Gasteiger partial charge in [0.15, 0.2) is 0 Å². The Morgan fingerprint density at radius 2 is 1.67 bits per heavy atom. The third kappa shape index (κ3) is 8.27. The van der Waals surface area contributed by atoms with Gasteiger partial charge >= 0.3 is 0 Å². The standard InChI is InChI=1S/C36H40ClN3O5S/c1-25-21-40(26(2)24-41)36(42)20-30-19-32(38-46(43,44)33-16-13-31(37)14-17-33)15-18-34(30)45-35(25)23-39(3)22-27-9-11-29(12-10-27)28-7-5-4-6-8-28/h4-19,25-26,35,38,41H,20-24H2,1-3H3/t25-,26+,35-/m0/s1. The fourth-order valence-corrected chi connectivity index (χ4v) is 6.83. The average molecular weight is 662 g/mol. The van der Waals surface area contributed by atoms with Crippen LogP contribution in [0, 0.1) is 5.92 Å². The molecule has 1 amide bonds. The highest BCUT2D eigenvalue weighted by Crippen LogP contribution is 2.30. The Balaban J connectivity index is 1.37. The number of carbonyl (C=O) groups is 1. The van der Waals surface area contributed by atoms with Crippen LogP contribution in [0.15, 0.2) is 102 Å². The van der Waals surface area contributed by atoms with Crippen molar-refractivity contribution in [3.63, 3.8) is 0 Å². The molecule has 0 radical (unpaired) electrons. The normalized spacial score (nSPS) is 17.8. The Hall–Kier alpha value is -3.89. The smallest absolute Gasteiger partial charge is 0.261 e. The fraction of sp³-hybridized carbons (Fsp3) is 0.306. The van der Waals surface area contributed by atoms with E-state index in [1.165, 1.54) is 35.4 Å². The molecule has 46 heavy (non-hydrogen) atoms. The molecule has 1 aliphatic rings. The number of benzene rings is 4. The third-order valence-electron chi connectivity index (χ3n) is 8.30. The van der Waals surface area contributed by atoms with Crippen LogP contribution in [0.25, 0.3) is 11.1 Å². The number of rotatable bonds is 10. The number of nitrogens with zero attached hydrogens (tertiary/aromatic N) is 2. The Bertz CT molecular complexity index is 1730. The van der Waals surface area contributed by atoms with E-state index in [1.54, 1.807) is 23.1 Å². The van der Waals surface area contributed by atoms with Crippen LogP contribution in [0.2, 0.25) is 5.02 Å². The minimum atomic E-state index is -3.89. The molecular weight excluding hydrogens is 622 g/mol. The van der Waals surface area contributed by atoms with E-state index in [4.69, 9.17) is 16.3 Å². The number of aliphatic hydroxyl groups excluding tert-OH is 1. The molecule has 0 spiro atoms. The summed E-state index contributed by atoms with van der Waals surface area (Å²) in [6.45, 7) is 5.40. The van der Waals surface area contributed by atoms with E-state index in [0.717, 1.165) is 5.56 Å². The first-order valence-corrected chi connectivity index (χ1v) is 17.2. The van der Waals surface area contributed by atoms with E-state index in [1.807, 2.05) is 32.2 Å². The zero-order chi connectivity index (χ0) is 32.8. The summed E-state index contributed by atoms with van der Waals surface area (Å²) in [7, 11) is -1.85. The summed E-state index contributed by atoms with van der Waals surface area (Å²) in [4.78, 5) is 17.5. The number of hydrogen-bond donors (Lipinski definition) is 2. The van der Waals surface area contributed by atoms with Gasteiger partial charge in [0.2, 0.25) is 5.91 Å². The first-order chi connectivity index (χ1) is 22.0. The number of likely N-dealkylation sites (N-methyl/N-ethyl adjacent to an activating group) is 1. The summed E-state index contributed by atoms with van der Waals surface area (Å²) in [5.74, 6) is 0.303. The highest BCUT2D eigenvalue weighted by atomic mass is 35.5. The van der Waals surface area contributed by atoms with Gasteiger partial charge in [0, 0.05) is 41.8 Å². The van der Waals surface area contributed by atoms with Gasteiger partial charge in [-0.15, -0.1) is 0 Å². The van der Waals surface area contributed by atoms with Crippen molar-refractivity contribution < 1.29 is 23.1 Å². The van der Waals surface area contributed by atoms with Crippen LogP contribution in [-0.4, -0.2) is 68.1 Å². The number of ether oxygens (including phenoxy) is 1. The maximum atomic E-state index is 13.6. The predicted octanol–water partition coefficient (Wildman–Crippen LogP) is 6.09. The first-order valence-electron chi connectivity index (χ1n) is 15.3. The fourth-order valence-electron chi connectivity index (χ4n) is 5.66. The summed E-state index contributed by atoms with van der Waals surface area (Å²) in [6.07, 6.45) is -0.289. The highest BCUT2D eigenvalue weighted by Gasteiger charge is 2.31. The number of fused-ring (bicyclic) bond motifs is 1. The van der Waals surface area contributed by atoms with Crippen molar-refractivity contribution in [1.82, 2.24) is 9.80 Å². The summed E-state index contributed by atoms with van der Waals surface area (Å²) < 4.78 is 35.4. The van der Waals surface area contributed by atoms with Crippen LogP contribution in [0.1, 0.15) is 25.0 Å². The van der Waals surface area contributed by atoms with E-state index >= 15 is 0 Å². The lowest BCUT2D eigenvalue weighted by molar-refractivity contribution is -0.134. The Morgan fingerprint density at radius 1 is 1.00 bits per heavy atom. The molecule has 2 N–H and O–H groups in total. The van der Waals surface area contributed by atoms with Gasteiger partial charge in [-0.1, -0.05) is 73.1 Å². The van der Waals surface area contributed by atoms with Crippen LogP contribution >= 0.6 is 11.6 Å². The summed E-state index contributed by atoms with van der Waals surface area (Å²) in [5, 5.41) is 10.4. The number of hydrogen-bond acceptors (Lipinski definition) is 6. The van der Waals surface area contributed by atoms with Gasteiger partial charge in [-0.2, -0.15) is 0 Å². The number of halogens is 1. The second-order valence-corrected chi connectivity index (χ2v) is 14.1. The number of sulfonamides is 1. The highest BCUT2D eigenvalue weighted by molar-refractivity contribution is 7.92.